The summed E-state index contributed by atoms with van der Waals surface area (Å²) in [4.78, 5) is 13.9. The van der Waals surface area contributed by atoms with Gasteiger partial charge in [-0.15, -0.1) is 0 Å². The van der Waals surface area contributed by atoms with Crippen LogP contribution in [0.15, 0.2) is 11.4 Å². The maximum atomic E-state index is 4.67. The molecule has 2 N–H and O–H groups in total. The highest BCUT2D eigenvalue weighted by atomic mass is 32.2. The van der Waals surface area contributed by atoms with E-state index in [1.807, 2.05) is 18.7 Å². The van der Waals surface area contributed by atoms with Crippen LogP contribution >= 0.6 is 11.8 Å². The Labute approximate surface area is 134 Å². The van der Waals surface area contributed by atoms with Gasteiger partial charge in [0.05, 0.1) is 17.9 Å². The van der Waals surface area contributed by atoms with Crippen LogP contribution in [-0.2, 0) is 25.9 Å². The summed E-state index contributed by atoms with van der Waals surface area (Å²) in [6.45, 7) is 5.74. The normalized spacial score (nSPS) is 17.0. The van der Waals surface area contributed by atoms with Gasteiger partial charge in [-0.25, -0.2) is 15.0 Å². The number of hydrogen-bond acceptors (Lipinski definition) is 6. The van der Waals surface area contributed by atoms with E-state index in [-0.39, 0.29) is 0 Å². The van der Waals surface area contributed by atoms with Crippen molar-refractivity contribution in [1.29, 1.82) is 0 Å². The van der Waals surface area contributed by atoms with Gasteiger partial charge >= 0.3 is 0 Å². The quantitative estimate of drug-likeness (QED) is 0.892. The minimum Gasteiger partial charge on any atom is -0.364 e. The standard InChI is InChI=1S/C15H20N6S/c1-10-18-13-3-5-16-4-2-12(13)14(19-10)17-8-11-9-21-6-7-22-15(21)20-11/h9,16H,2-8H2,1H3,(H,17,18,19). The average molecular weight is 316 g/mol. The zero-order valence-electron chi connectivity index (χ0n) is 12.7. The molecular formula is C15H20N6S. The summed E-state index contributed by atoms with van der Waals surface area (Å²) >= 11 is 1.83. The van der Waals surface area contributed by atoms with Crippen LogP contribution in [0.1, 0.15) is 22.8 Å². The van der Waals surface area contributed by atoms with Crippen molar-refractivity contribution in [1.82, 2.24) is 24.8 Å². The molecule has 7 heteroatoms. The lowest BCUT2D eigenvalue weighted by atomic mass is 10.1. The summed E-state index contributed by atoms with van der Waals surface area (Å²) in [5, 5.41) is 8.05. The molecule has 6 nitrogen and oxygen atoms in total. The molecule has 2 aliphatic rings. The third kappa shape index (κ3) is 2.70. The van der Waals surface area contributed by atoms with Crippen molar-refractivity contribution in [2.24, 2.45) is 0 Å². The van der Waals surface area contributed by atoms with E-state index < -0.39 is 0 Å². The highest BCUT2D eigenvalue weighted by molar-refractivity contribution is 7.99. The predicted octanol–water partition coefficient (Wildman–Crippen LogP) is 1.39. The van der Waals surface area contributed by atoms with Crippen molar-refractivity contribution in [3.05, 3.63) is 29.0 Å². The van der Waals surface area contributed by atoms with Crippen LogP contribution in [0, 0.1) is 6.92 Å². The first kappa shape index (κ1) is 14.0. The molecule has 0 atom stereocenters. The summed E-state index contributed by atoms with van der Waals surface area (Å²) in [6.07, 6.45) is 4.10. The molecule has 4 heterocycles. The molecule has 0 saturated carbocycles. The topological polar surface area (TPSA) is 67.7 Å². The molecule has 0 amide bonds. The molecule has 2 aromatic rings. The van der Waals surface area contributed by atoms with Gasteiger partial charge in [-0.3, -0.25) is 0 Å². The summed E-state index contributed by atoms with van der Waals surface area (Å²) in [5.41, 5.74) is 3.53. The number of aryl methyl sites for hydroxylation is 2. The highest BCUT2D eigenvalue weighted by Crippen LogP contribution is 2.25. The van der Waals surface area contributed by atoms with Crippen LogP contribution in [0.2, 0.25) is 0 Å². The molecular weight excluding hydrogens is 296 g/mol. The van der Waals surface area contributed by atoms with Crippen molar-refractivity contribution < 1.29 is 0 Å². The van der Waals surface area contributed by atoms with E-state index in [0.29, 0.717) is 0 Å². The lowest BCUT2D eigenvalue weighted by molar-refractivity contribution is 0.708. The number of hydrogen-bond donors (Lipinski definition) is 2. The number of nitrogens with zero attached hydrogens (tertiary/aromatic N) is 4. The van der Waals surface area contributed by atoms with Crippen molar-refractivity contribution in [2.75, 3.05) is 24.2 Å². The van der Waals surface area contributed by atoms with Crippen LogP contribution in [0.3, 0.4) is 0 Å². The molecule has 4 rings (SSSR count). The maximum Gasteiger partial charge on any atom is 0.168 e. The molecule has 0 spiro atoms. The number of imidazole rings is 1. The second kappa shape index (κ2) is 5.89. The Balaban J connectivity index is 1.55. The van der Waals surface area contributed by atoms with Crippen LogP contribution in [0.4, 0.5) is 5.82 Å². The Morgan fingerprint density at radius 2 is 2.18 bits per heavy atom. The van der Waals surface area contributed by atoms with Gasteiger partial charge in [0.15, 0.2) is 5.16 Å². The lowest BCUT2D eigenvalue weighted by Gasteiger charge is -2.13. The molecule has 0 saturated heterocycles. The summed E-state index contributed by atoms with van der Waals surface area (Å²) in [5.74, 6) is 2.96. The van der Waals surface area contributed by atoms with Gasteiger partial charge in [-0.05, 0) is 19.9 Å². The third-order valence-corrected chi connectivity index (χ3v) is 5.06. The van der Waals surface area contributed by atoms with Gasteiger partial charge < -0.3 is 15.2 Å². The minimum absolute atomic E-state index is 0.719. The van der Waals surface area contributed by atoms with Crippen molar-refractivity contribution in [2.45, 2.75) is 38.0 Å². The molecule has 0 unspecified atom stereocenters. The monoisotopic (exact) mass is 316 g/mol. The largest absolute Gasteiger partial charge is 0.364 e. The molecule has 22 heavy (non-hydrogen) atoms. The molecule has 0 bridgehead atoms. The SMILES string of the molecule is Cc1nc2c(c(NCc3cn4c(n3)SCC4)n1)CCNCC2. The van der Waals surface area contributed by atoms with Gasteiger partial charge in [0.25, 0.3) is 0 Å². The first-order valence-electron chi connectivity index (χ1n) is 7.79. The highest BCUT2D eigenvalue weighted by Gasteiger charge is 2.17. The molecule has 0 fully saturated rings. The smallest absolute Gasteiger partial charge is 0.168 e. The van der Waals surface area contributed by atoms with E-state index in [1.165, 1.54) is 11.3 Å². The van der Waals surface area contributed by atoms with E-state index in [0.717, 1.165) is 67.3 Å². The van der Waals surface area contributed by atoms with Crippen molar-refractivity contribution >= 4 is 17.6 Å². The van der Waals surface area contributed by atoms with Gasteiger partial charge in [0, 0.05) is 37.0 Å². The molecule has 0 aromatic carbocycles. The fourth-order valence-electron chi connectivity index (χ4n) is 3.04. The maximum absolute atomic E-state index is 4.67. The predicted molar refractivity (Wildman–Crippen MR) is 87.3 cm³/mol. The van der Waals surface area contributed by atoms with Crippen LogP contribution in [-0.4, -0.2) is 38.4 Å². The van der Waals surface area contributed by atoms with Crippen LogP contribution in [0.25, 0.3) is 0 Å². The van der Waals surface area contributed by atoms with E-state index in [1.54, 1.807) is 0 Å². The summed E-state index contributed by atoms with van der Waals surface area (Å²) < 4.78 is 2.23. The number of nitrogens with one attached hydrogen (secondary N) is 2. The average Bonchev–Trinajstić information content (AvgIpc) is 2.99. The summed E-state index contributed by atoms with van der Waals surface area (Å²) in [7, 11) is 0. The number of thioether (sulfide) groups is 1. The second-order valence-electron chi connectivity index (χ2n) is 5.70. The number of rotatable bonds is 3. The Kier molecular flexibility index (Phi) is 3.75. The zero-order valence-corrected chi connectivity index (χ0v) is 13.5. The first-order valence-corrected chi connectivity index (χ1v) is 8.78. The van der Waals surface area contributed by atoms with Gasteiger partial charge in [-0.1, -0.05) is 11.8 Å². The van der Waals surface area contributed by atoms with E-state index in [4.69, 9.17) is 0 Å². The van der Waals surface area contributed by atoms with Gasteiger partial charge in [0.2, 0.25) is 0 Å². The fourth-order valence-corrected chi connectivity index (χ4v) is 4.00. The van der Waals surface area contributed by atoms with Gasteiger partial charge in [0.1, 0.15) is 11.6 Å². The number of fused-ring (bicyclic) bond motifs is 2. The Hall–Kier alpha value is -1.60. The van der Waals surface area contributed by atoms with Crippen molar-refractivity contribution in [3.8, 4) is 0 Å². The Morgan fingerprint density at radius 1 is 1.27 bits per heavy atom. The van der Waals surface area contributed by atoms with E-state index >= 15 is 0 Å². The first-order chi connectivity index (χ1) is 10.8. The number of anilines is 1. The third-order valence-electron chi connectivity index (χ3n) is 4.09. The van der Waals surface area contributed by atoms with E-state index in [2.05, 4.69) is 36.3 Å². The zero-order chi connectivity index (χ0) is 14.9. The molecule has 0 aliphatic carbocycles. The van der Waals surface area contributed by atoms with Crippen LogP contribution < -0.4 is 10.6 Å². The second-order valence-corrected chi connectivity index (χ2v) is 6.77. The van der Waals surface area contributed by atoms with E-state index in [9.17, 15) is 0 Å². The lowest BCUT2D eigenvalue weighted by Crippen LogP contribution is -2.16. The fraction of sp³-hybridized carbons (Fsp3) is 0.533. The molecule has 116 valence electrons. The number of aromatic nitrogens is 4. The molecule has 0 radical (unpaired) electrons. The Morgan fingerprint density at radius 3 is 3.09 bits per heavy atom. The minimum atomic E-state index is 0.719. The van der Waals surface area contributed by atoms with Crippen LogP contribution in [0.5, 0.6) is 0 Å². The van der Waals surface area contributed by atoms with Gasteiger partial charge in [-0.2, -0.15) is 0 Å². The molecule has 2 aromatic heterocycles. The van der Waals surface area contributed by atoms with Crippen molar-refractivity contribution in [3.63, 3.8) is 0 Å². The Bertz CT molecular complexity index is 674. The molecule has 2 aliphatic heterocycles. The summed E-state index contributed by atoms with van der Waals surface area (Å²) in [6, 6.07) is 0.